The van der Waals surface area contributed by atoms with Gasteiger partial charge in [-0.1, -0.05) is 6.07 Å². The van der Waals surface area contributed by atoms with Gasteiger partial charge in [0.1, 0.15) is 5.75 Å². The third-order valence-electron chi connectivity index (χ3n) is 3.07. The molecule has 0 atom stereocenters. The fourth-order valence-electron chi connectivity index (χ4n) is 1.99. The van der Waals surface area contributed by atoms with E-state index in [4.69, 9.17) is 10.00 Å². The van der Waals surface area contributed by atoms with Crippen LogP contribution in [0.4, 0.5) is 14.6 Å². The number of aromatic nitrogens is 2. The normalized spacial score (nSPS) is 10.5. The standard InChI is InChI=1S/C15H16F2N4O/c1-3-21(10-13(16)17)14-8-15(20(2)19-14)22-12-6-4-5-11(7-12)9-18/h4-8,13H,3,10H2,1-2H3. The number of anilines is 1. The summed E-state index contributed by atoms with van der Waals surface area (Å²) in [5, 5.41) is 13.1. The van der Waals surface area contributed by atoms with E-state index in [2.05, 4.69) is 5.10 Å². The Hall–Kier alpha value is -2.62. The van der Waals surface area contributed by atoms with Crippen LogP contribution < -0.4 is 9.64 Å². The zero-order chi connectivity index (χ0) is 16.1. The zero-order valence-electron chi connectivity index (χ0n) is 12.3. The summed E-state index contributed by atoms with van der Waals surface area (Å²) in [6.45, 7) is 1.83. The van der Waals surface area contributed by atoms with E-state index in [-0.39, 0.29) is 6.54 Å². The van der Waals surface area contributed by atoms with E-state index in [1.54, 1.807) is 44.3 Å². The Balaban J connectivity index is 2.20. The van der Waals surface area contributed by atoms with Crippen molar-refractivity contribution in [2.75, 3.05) is 18.0 Å². The fraction of sp³-hybridized carbons (Fsp3) is 0.333. The third-order valence-corrected chi connectivity index (χ3v) is 3.07. The van der Waals surface area contributed by atoms with Gasteiger partial charge in [-0.15, -0.1) is 0 Å². The highest BCUT2D eigenvalue weighted by Gasteiger charge is 2.16. The van der Waals surface area contributed by atoms with Crippen LogP contribution in [0.2, 0.25) is 0 Å². The fourth-order valence-corrected chi connectivity index (χ4v) is 1.99. The number of rotatable bonds is 6. The Morgan fingerprint density at radius 2 is 2.18 bits per heavy atom. The van der Waals surface area contributed by atoms with E-state index < -0.39 is 6.43 Å². The molecule has 1 aromatic heterocycles. The first-order chi connectivity index (χ1) is 10.5. The van der Waals surface area contributed by atoms with Gasteiger partial charge < -0.3 is 9.64 Å². The number of hydrogen-bond acceptors (Lipinski definition) is 4. The molecule has 0 bridgehead atoms. The largest absolute Gasteiger partial charge is 0.439 e. The van der Waals surface area contributed by atoms with Crippen molar-refractivity contribution in [1.29, 1.82) is 5.26 Å². The van der Waals surface area contributed by atoms with Gasteiger partial charge in [0.2, 0.25) is 5.88 Å². The maximum absolute atomic E-state index is 12.6. The molecule has 0 amide bonds. The van der Waals surface area contributed by atoms with Crippen molar-refractivity contribution < 1.29 is 13.5 Å². The minimum atomic E-state index is -2.43. The van der Waals surface area contributed by atoms with Crippen LogP contribution >= 0.6 is 0 Å². The van der Waals surface area contributed by atoms with E-state index in [9.17, 15) is 8.78 Å². The molecule has 0 saturated heterocycles. The van der Waals surface area contributed by atoms with E-state index in [0.717, 1.165) is 0 Å². The lowest BCUT2D eigenvalue weighted by molar-refractivity contribution is 0.155. The monoisotopic (exact) mass is 306 g/mol. The van der Waals surface area contributed by atoms with Gasteiger partial charge in [0.15, 0.2) is 5.82 Å². The van der Waals surface area contributed by atoms with Crippen molar-refractivity contribution >= 4 is 5.82 Å². The van der Waals surface area contributed by atoms with Crippen LogP contribution in [0.1, 0.15) is 12.5 Å². The Bertz CT molecular complexity index is 678. The number of alkyl halides is 2. The second-order valence-electron chi connectivity index (χ2n) is 4.64. The topological polar surface area (TPSA) is 54.1 Å². The molecule has 0 saturated carbocycles. The quantitative estimate of drug-likeness (QED) is 0.822. The number of nitrogens with zero attached hydrogens (tertiary/aromatic N) is 4. The molecule has 22 heavy (non-hydrogen) atoms. The predicted molar refractivity (Wildman–Crippen MR) is 78.3 cm³/mol. The van der Waals surface area contributed by atoms with Crippen LogP contribution in [0.15, 0.2) is 30.3 Å². The summed E-state index contributed by atoms with van der Waals surface area (Å²) in [4.78, 5) is 1.48. The lowest BCUT2D eigenvalue weighted by Crippen LogP contribution is -2.28. The van der Waals surface area contributed by atoms with Crippen molar-refractivity contribution in [1.82, 2.24) is 9.78 Å². The molecule has 0 unspecified atom stereocenters. The van der Waals surface area contributed by atoms with E-state index in [1.165, 1.54) is 9.58 Å². The molecule has 5 nitrogen and oxygen atoms in total. The molecule has 1 heterocycles. The number of hydrogen-bond donors (Lipinski definition) is 0. The van der Waals surface area contributed by atoms with Crippen LogP contribution in [0.25, 0.3) is 0 Å². The van der Waals surface area contributed by atoms with Gasteiger partial charge in [-0.3, -0.25) is 0 Å². The van der Waals surface area contributed by atoms with Crippen molar-refractivity contribution in [2.24, 2.45) is 7.05 Å². The van der Waals surface area contributed by atoms with Crippen LogP contribution in [0.5, 0.6) is 11.6 Å². The van der Waals surface area contributed by atoms with Gasteiger partial charge in [-0.2, -0.15) is 10.4 Å². The van der Waals surface area contributed by atoms with Crippen LogP contribution in [-0.2, 0) is 7.05 Å². The predicted octanol–water partition coefficient (Wildman–Crippen LogP) is 3.18. The molecule has 0 aliphatic heterocycles. The molecule has 116 valence electrons. The van der Waals surface area contributed by atoms with Crippen LogP contribution in [0.3, 0.4) is 0 Å². The van der Waals surface area contributed by atoms with Gasteiger partial charge in [-0.25, -0.2) is 13.5 Å². The van der Waals surface area contributed by atoms with Gasteiger partial charge in [0.25, 0.3) is 6.43 Å². The van der Waals surface area contributed by atoms with Crippen LogP contribution in [-0.4, -0.2) is 29.3 Å². The Labute approximate surface area is 127 Å². The molecule has 0 aliphatic rings. The second-order valence-corrected chi connectivity index (χ2v) is 4.64. The molecule has 0 fully saturated rings. The summed E-state index contributed by atoms with van der Waals surface area (Å²) in [5.41, 5.74) is 0.479. The highest BCUT2D eigenvalue weighted by Crippen LogP contribution is 2.26. The summed E-state index contributed by atoms with van der Waals surface area (Å²) in [6, 6.07) is 10.3. The maximum atomic E-state index is 12.6. The number of ether oxygens (including phenoxy) is 1. The lowest BCUT2D eigenvalue weighted by Gasteiger charge is -2.18. The molecule has 0 radical (unpaired) electrons. The Morgan fingerprint density at radius 3 is 2.82 bits per heavy atom. The molecule has 2 rings (SSSR count). The average molecular weight is 306 g/mol. The van der Waals surface area contributed by atoms with Crippen molar-refractivity contribution in [3.63, 3.8) is 0 Å². The smallest absolute Gasteiger partial charge is 0.255 e. The molecule has 1 aromatic carbocycles. The highest BCUT2D eigenvalue weighted by molar-refractivity contribution is 5.44. The van der Waals surface area contributed by atoms with Gasteiger partial charge in [0.05, 0.1) is 18.2 Å². The lowest BCUT2D eigenvalue weighted by atomic mass is 10.2. The van der Waals surface area contributed by atoms with Crippen molar-refractivity contribution in [2.45, 2.75) is 13.3 Å². The van der Waals surface area contributed by atoms with Gasteiger partial charge >= 0.3 is 0 Å². The molecule has 0 spiro atoms. The second kappa shape index (κ2) is 6.89. The molecule has 0 aliphatic carbocycles. The van der Waals surface area contributed by atoms with E-state index >= 15 is 0 Å². The molecular weight excluding hydrogens is 290 g/mol. The SMILES string of the molecule is CCN(CC(F)F)c1cc(Oc2cccc(C#N)c2)n(C)n1. The minimum absolute atomic E-state index is 0.378. The molecule has 7 heteroatoms. The summed E-state index contributed by atoms with van der Waals surface area (Å²) >= 11 is 0. The third kappa shape index (κ3) is 3.73. The first kappa shape index (κ1) is 15.8. The van der Waals surface area contributed by atoms with Gasteiger partial charge in [0, 0.05) is 19.7 Å². The maximum Gasteiger partial charge on any atom is 0.255 e. The number of benzene rings is 1. The Kier molecular flexibility index (Phi) is 4.94. The Morgan fingerprint density at radius 1 is 1.41 bits per heavy atom. The number of nitriles is 1. The molecule has 2 aromatic rings. The summed E-state index contributed by atoms with van der Waals surface area (Å²) in [7, 11) is 1.67. The van der Waals surface area contributed by atoms with Crippen molar-refractivity contribution in [3.05, 3.63) is 35.9 Å². The summed E-state index contributed by atoms with van der Waals surface area (Å²) in [6.07, 6.45) is -2.43. The molecule has 0 N–H and O–H groups in total. The van der Waals surface area contributed by atoms with Crippen molar-refractivity contribution in [3.8, 4) is 17.7 Å². The van der Waals surface area contributed by atoms with E-state index in [0.29, 0.717) is 29.6 Å². The van der Waals surface area contributed by atoms with Crippen LogP contribution in [0, 0.1) is 11.3 Å². The van der Waals surface area contributed by atoms with Gasteiger partial charge in [-0.05, 0) is 25.1 Å². The first-order valence-corrected chi connectivity index (χ1v) is 6.78. The summed E-state index contributed by atoms with van der Waals surface area (Å²) < 4.78 is 32.3. The summed E-state index contributed by atoms with van der Waals surface area (Å²) in [5.74, 6) is 1.33. The highest BCUT2D eigenvalue weighted by atomic mass is 19.3. The number of aryl methyl sites for hydroxylation is 1. The first-order valence-electron chi connectivity index (χ1n) is 6.78. The zero-order valence-corrected chi connectivity index (χ0v) is 12.3. The molecular formula is C15H16F2N4O. The average Bonchev–Trinajstić information content (AvgIpc) is 2.85. The minimum Gasteiger partial charge on any atom is -0.439 e. The number of halogens is 2. The van der Waals surface area contributed by atoms with E-state index in [1.807, 2.05) is 6.07 Å².